The molecule has 0 aliphatic heterocycles. The van der Waals surface area contributed by atoms with E-state index in [1.54, 1.807) is 0 Å². The van der Waals surface area contributed by atoms with Gasteiger partial charge in [-0.05, 0) is 54.3 Å². The maximum absolute atomic E-state index is 3.58. The van der Waals surface area contributed by atoms with Crippen LogP contribution in [0.2, 0.25) is 0 Å². The van der Waals surface area contributed by atoms with Crippen molar-refractivity contribution >= 4 is 33.5 Å². The van der Waals surface area contributed by atoms with Gasteiger partial charge in [-0.2, -0.15) is 0 Å². The lowest BCUT2D eigenvalue weighted by Crippen LogP contribution is -1.90. The van der Waals surface area contributed by atoms with E-state index in [1.807, 2.05) is 0 Å². The minimum atomic E-state index is 1.17. The van der Waals surface area contributed by atoms with Crippen LogP contribution >= 0.6 is 0 Å². The van der Waals surface area contributed by atoms with Gasteiger partial charge in [0.05, 0.1) is 0 Å². The van der Waals surface area contributed by atoms with Gasteiger partial charge in [0.1, 0.15) is 0 Å². The van der Waals surface area contributed by atoms with Gasteiger partial charge in [0.25, 0.3) is 0 Å². The third kappa shape index (κ3) is 3.25. The number of aromatic amines is 1. The van der Waals surface area contributed by atoms with Crippen molar-refractivity contribution in [3.63, 3.8) is 0 Å². The lowest BCUT2D eigenvalue weighted by Gasteiger charge is -2.12. The number of para-hydroxylation sites is 1. The fraction of sp³-hybridized carbons (Fsp3) is 0.0714. The molecular weight excluding hydrogens is 350 g/mol. The highest BCUT2D eigenvalue weighted by molar-refractivity contribution is 6.14. The Kier molecular flexibility index (Phi) is 4.29. The summed E-state index contributed by atoms with van der Waals surface area (Å²) in [6, 6.07) is 32.7. The Balaban J connectivity index is 1.81. The van der Waals surface area contributed by atoms with Crippen molar-refractivity contribution in [2.45, 2.75) is 13.8 Å². The highest BCUT2D eigenvalue weighted by Gasteiger charge is 2.13. The van der Waals surface area contributed by atoms with Crippen LogP contribution in [0.4, 0.5) is 0 Å². The number of nitrogens with one attached hydrogen (secondary N) is 1. The van der Waals surface area contributed by atoms with E-state index < -0.39 is 0 Å². The van der Waals surface area contributed by atoms with Crippen molar-refractivity contribution in [1.82, 2.24) is 4.98 Å². The standard InChI is InChI=1S/C28H23N/c1-19-10-14-21(15-11-19)18-25(22-16-12-20(2)13-17-22)23-7-5-9-27-28(23)24-6-3-4-8-26(24)29-27/h3-18,29H,1-2H3/b25-18+. The van der Waals surface area contributed by atoms with Gasteiger partial charge < -0.3 is 4.98 Å². The molecule has 0 aliphatic carbocycles. The summed E-state index contributed by atoms with van der Waals surface area (Å²) in [6.07, 6.45) is 2.31. The molecule has 4 aromatic carbocycles. The number of rotatable bonds is 3. The third-order valence-corrected chi connectivity index (χ3v) is 5.57. The monoisotopic (exact) mass is 373 g/mol. The van der Waals surface area contributed by atoms with Crippen LogP contribution in [-0.4, -0.2) is 4.98 Å². The molecule has 1 aromatic heterocycles. The van der Waals surface area contributed by atoms with Gasteiger partial charge in [-0.1, -0.05) is 90.0 Å². The first-order valence-electron chi connectivity index (χ1n) is 10.0. The highest BCUT2D eigenvalue weighted by Crippen LogP contribution is 2.36. The number of hydrogen-bond donors (Lipinski definition) is 1. The smallest absolute Gasteiger partial charge is 0.0471 e. The molecule has 0 unspecified atom stereocenters. The van der Waals surface area contributed by atoms with Gasteiger partial charge in [-0.25, -0.2) is 0 Å². The number of H-pyrrole nitrogens is 1. The summed E-state index contributed by atoms with van der Waals surface area (Å²) in [7, 11) is 0. The quantitative estimate of drug-likeness (QED) is 0.315. The molecule has 1 heterocycles. The van der Waals surface area contributed by atoms with E-state index in [9.17, 15) is 0 Å². The molecule has 0 atom stereocenters. The van der Waals surface area contributed by atoms with Crippen LogP contribution in [0.3, 0.4) is 0 Å². The molecular formula is C28H23N. The Hall–Kier alpha value is -3.58. The van der Waals surface area contributed by atoms with Crippen LogP contribution in [0.25, 0.3) is 33.5 Å². The molecule has 29 heavy (non-hydrogen) atoms. The molecule has 0 amide bonds. The first-order chi connectivity index (χ1) is 14.2. The van der Waals surface area contributed by atoms with E-state index in [-0.39, 0.29) is 0 Å². The third-order valence-electron chi connectivity index (χ3n) is 5.57. The maximum Gasteiger partial charge on any atom is 0.0471 e. The van der Waals surface area contributed by atoms with Gasteiger partial charge in [0.15, 0.2) is 0 Å². The van der Waals surface area contributed by atoms with Crippen LogP contribution in [-0.2, 0) is 0 Å². The molecule has 140 valence electrons. The van der Waals surface area contributed by atoms with Gasteiger partial charge in [0, 0.05) is 21.8 Å². The summed E-state index contributed by atoms with van der Waals surface area (Å²) in [5.41, 5.74) is 9.83. The number of fused-ring (bicyclic) bond motifs is 3. The van der Waals surface area contributed by atoms with Crippen molar-refractivity contribution in [2.75, 3.05) is 0 Å². The topological polar surface area (TPSA) is 15.8 Å². The van der Waals surface area contributed by atoms with E-state index >= 15 is 0 Å². The molecule has 1 N–H and O–H groups in total. The van der Waals surface area contributed by atoms with E-state index in [1.165, 1.54) is 55.2 Å². The van der Waals surface area contributed by atoms with E-state index in [4.69, 9.17) is 0 Å². The molecule has 0 spiro atoms. The first-order valence-corrected chi connectivity index (χ1v) is 10.0. The van der Waals surface area contributed by atoms with E-state index in [2.05, 4.69) is 116 Å². The Bertz CT molecular complexity index is 1330. The molecule has 0 saturated carbocycles. The molecule has 5 rings (SSSR count). The average molecular weight is 373 g/mol. The molecule has 0 radical (unpaired) electrons. The van der Waals surface area contributed by atoms with Crippen LogP contribution in [0, 0.1) is 13.8 Å². The normalized spacial score (nSPS) is 12.0. The van der Waals surface area contributed by atoms with Gasteiger partial charge in [-0.3, -0.25) is 0 Å². The minimum Gasteiger partial charge on any atom is -0.354 e. The largest absolute Gasteiger partial charge is 0.354 e. The second-order valence-electron chi connectivity index (χ2n) is 7.73. The van der Waals surface area contributed by atoms with Crippen molar-refractivity contribution in [3.8, 4) is 0 Å². The number of hydrogen-bond acceptors (Lipinski definition) is 0. The van der Waals surface area contributed by atoms with Crippen LogP contribution in [0.15, 0.2) is 91.0 Å². The first kappa shape index (κ1) is 17.5. The van der Waals surface area contributed by atoms with E-state index in [0.29, 0.717) is 0 Å². The lowest BCUT2D eigenvalue weighted by molar-refractivity contribution is 1.45. The molecule has 0 bridgehead atoms. The predicted molar refractivity (Wildman–Crippen MR) is 125 cm³/mol. The van der Waals surface area contributed by atoms with Crippen molar-refractivity contribution in [3.05, 3.63) is 119 Å². The van der Waals surface area contributed by atoms with Crippen molar-refractivity contribution in [2.24, 2.45) is 0 Å². The molecule has 1 heteroatoms. The van der Waals surface area contributed by atoms with Crippen LogP contribution < -0.4 is 0 Å². The zero-order chi connectivity index (χ0) is 19.8. The number of benzene rings is 4. The molecule has 1 nitrogen and oxygen atoms in total. The second kappa shape index (κ2) is 7.10. The lowest BCUT2D eigenvalue weighted by atomic mass is 9.91. The Labute approximate surface area is 171 Å². The second-order valence-corrected chi connectivity index (χ2v) is 7.73. The number of aromatic nitrogens is 1. The Morgan fingerprint density at radius 2 is 1.31 bits per heavy atom. The SMILES string of the molecule is Cc1ccc(/C=C(\c2ccc(C)cc2)c2cccc3[nH]c4ccccc4c23)cc1. The van der Waals surface area contributed by atoms with E-state index in [0.717, 1.165) is 0 Å². The van der Waals surface area contributed by atoms with Gasteiger partial charge in [-0.15, -0.1) is 0 Å². The molecule has 0 saturated heterocycles. The molecule has 0 fully saturated rings. The highest BCUT2D eigenvalue weighted by atomic mass is 14.7. The predicted octanol–water partition coefficient (Wildman–Crippen LogP) is 7.53. The summed E-state index contributed by atoms with van der Waals surface area (Å²) >= 11 is 0. The maximum atomic E-state index is 3.58. The zero-order valence-corrected chi connectivity index (χ0v) is 16.7. The summed E-state index contributed by atoms with van der Waals surface area (Å²) in [5, 5.41) is 2.54. The Morgan fingerprint density at radius 3 is 2.07 bits per heavy atom. The summed E-state index contributed by atoms with van der Waals surface area (Å²) in [6.45, 7) is 4.26. The van der Waals surface area contributed by atoms with Crippen LogP contribution in [0.5, 0.6) is 0 Å². The summed E-state index contributed by atoms with van der Waals surface area (Å²) in [5.74, 6) is 0. The van der Waals surface area contributed by atoms with Crippen LogP contribution in [0.1, 0.15) is 27.8 Å². The zero-order valence-electron chi connectivity index (χ0n) is 16.7. The van der Waals surface area contributed by atoms with Gasteiger partial charge in [0.2, 0.25) is 0 Å². The summed E-state index contributed by atoms with van der Waals surface area (Å²) in [4.78, 5) is 3.58. The fourth-order valence-electron chi connectivity index (χ4n) is 4.01. The fourth-order valence-corrected chi connectivity index (χ4v) is 4.01. The minimum absolute atomic E-state index is 1.17. The Morgan fingerprint density at radius 1 is 0.655 bits per heavy atom. The summed E-state index contributed by atoms with van der Waals surface area (Å²) < 4.78 is 0. The van der Waals surface area contributed by atoms with Crippen molar-refractivity contribution in [1.29, 1.82) is 0 Å². The van der Waals surface area contributed by atoms with Gasteiger partial charge >= 0.3 is 0 Å². The van der Waals surface area contributed by atoms with Crippen molar-refractivity contribution < 1.29 is 0 Å². The molecule has 0 aliphatic rings. The average Bonchev–Trinajstić information content (AvgIpc) is 3.13. The molecule has 5 aromatic rings. The number of aryl methyl sites for hydroxylation is 2.